The molecular formula is C19H23N3O2S. The van der Waals surface area contributed by atoms with Gasteiger partial charge < -0.3 is 10.6 Å². The maximum atomic E-state index is 12.2. The third-order valence-corrected chi connectivity index (χ3v) is 5.40. The lowest BCUT2D eigenvalue weighted by molar-refractivity contribution is 0.0755. The van der Waals surface area contributed by atoms with E-state index in [4.69, 9.17) is 10.6 Å². The Morgan fingerprint density at radius 1 is 1.24 bits per heavy atom. The van der Waals surface area contributed by atoms with Crippen LogP contribution in [0.15, 0.2) is 47.6 Å². The van der Waals surface area contributed by atoms with Crippen molar-refractivity contribution < 1.29 is 9.63 Å². The van der Waals surface area contributed by atoms with Crippen molar-refractivity contribution in [3.8, 4) is 5.75 Å². The summed E-state index contributed by atoms with van der Waals surface area (Å²) in [5, 5.41) is 0. The van der Waals surface area contributed by atoms with E-state index in [2.05, 4.69) is 22.8 Å². The van der Waals surface area contributed by atoms with Crippen molar-refractivity contribution in [3.63, 3.8) is 0 Å². The molecule has 25 heavy (non-hydrogen) atoms. The topological polar surface area (TPSA) is 77.2 Å². The molecule has 3 rings (SSSR count). The first-order chi connectivity index (χ1) is 12.2. The van der Waals surface area contributed by atoms with Gasteiger partial charge in [-0.05, 0) is 62.1 Å². The first-order valence-corrected chi connectivity index (χ1v) is 9.71. The van der Waals surface area contributed by atoms with Gasteiger partial charge in [0.15, 0.2) is 5.75 Å². The molecule has 1 aromatic heterocycles. The third-order valence-electron chi connectivity index (χ3n) is 4.60. The van der Waals surface area contributed by atoms with Crippen molar-refractivity contribution in [1.82, 2.24) is 10.5 Å². The van der Waals surface area contributed by atoms with Crippen LogP contribution in [0.1, 0.15) is 47.5 Å². The number of benzene rings is 1. The first kappa shape index (κ1) is 17.8. The lowest BCUT2D eigenvalue weighted by atomic mass is 9.81. The number of amides is 1. The van der Waals surface area contributed by atoms with Crippen LogP contribution >= 0.6 is 11.8 Å². The number of thioether (sulfide) groups is 1. The van der Waals surface area contributed by atoms with Crippen LogP contribution in [0.25, 0.3) is 0 Å². The largest absolute Gasteiger partial charge is 0.379 e. The zero-order valence-electron chi connectivity index (χ0n) is 14.3. The van der Waals surface area contributed by atoms with Crippen LogP contribution in [-0.2, 0) is 0 Å². The molecule has 1 aliphatic rings. The fourth-order valence-electron chi connectivity index (χ4n) is 3.26. The fraction of sp³-hybridized carbons (Fsp3) is 0.368. The number of nitrogens with one attached hydrogen (secondary N) is 1. The average molecular weight is 357 g/mol. The number of carbonyl (C=O) groups is 1. The molecule has 0 spiro atoms. The Kier molecular flexibility index (Phi) is 5.94. The summed E-state index contributed by atoms with van der Waals surface area (Å²) < 4.78 is 0. The van der Waals surface area contributed by atoms with Gasteiger partial charge in [-0.2, -0.15) is 5.48 Å². The number of nitrogens with zero attached hydrogens (tertiary/aromatic N) is 1. The van der Waals surface area contributed by atoms with E-state index < -0.39 is 0 Å². The van der Waals surface area contributed by atoms with E-state index in [9.17, 15) is 4.79 Å². The van der Waals surface area contributed by atoms with Crippen molar-refractivity contribution in [2.45, 2.75) is 42.5 Å². The van der Waals surface area contributed by atoms with Crippen molar-refractivity contribution in [1.29, 1.82) is 0 Å². The van der Waals surface area contributed by atoms with Crippen molar-refractivity contribution in [2.24, 2.45) is 5.73 Å². The van der Waals surface area contributed by atoms with Gasteiger partial charge in [0.05, 0.1) is 5.56 Å². The van der Waals surface area contributed by atoms with Gasteiger partial charge in [0.2, 0.25) is 0 Å². The molecular weight excluding hydrogens is 334 g/mol. The van der Waals surface area contributed by atoms with E-state index in [1.165, 1.54) is 16.7 Å². The molecule has 1 heterocycles. The summed E-state index contributed by atoms with van der Waals surface area (Å²) in [6.07, 6.45) is 9.35. The van der Waals surface area contributed by atoms with Crippen LogP contribution in [-0.4, -0.2) is 23.2 Å². The minimum Gasteiger partial charge on any atom is -0.379 e. The van der Waals surface area contributed by atoms with E-state index in [0.717, 1.165) is 25.7 Å². The SMILES string of the molecule is CSc1cccc(ONC(=O)c2cccnc2)c1C1CCC(N)CC1. The maximum Gasteiger partial charge on any atom is 0.285 e. The minimum absolute atomic E-state index is 0.298. The zero-order chi connectivity index (χ0) is 17.6. The summed E-state index contributed by atoms with van der Waals surface area (Å²) in [6, 6.07) is 9.69. The Balaban J connectivity index is 1.77. The van der Waals surface area contributed by atoms with Crippen LogP contribution in [0.3, 0.4) is 0 Å². The molecule has 0 bridgehead atoms. The second kappa shape index (κ2) is 8.36. The summed E-state index contributed by atoms with van der Waals surface area (Å²) in [5.41, 5.74) is 10.2. The van der Waals surface area contributed by atoms with Crippen LogP contribution < -0.4 is 16.1 Å². The number of rotatable bonds is 5. The zero-order valence-corrected chi connectivity index (χ0v) is 15.1. The normalized spacial score (nSPS) is 20.1. The molecule has 1 saturated carbocycles. The predicted molar refractivity (Wildman–Crippen MR) is 99.7 cm³/mol. The molecule has 2 aromatic rings. The van der Waals surface area contributed by atoms with Gasteiger partial charge >= 0.3 is 0 Å². The number of pyridine rings is 1. The lowest BCUT2D eigenvalue weighted by Crippen LogP contribution is -2.29. The molecule has 1 aromatic carbocycles. The number of hydroxylamine groups is 1. The number of aromatic nitrogens is 1. The Bertz CT molecular complexity index is 716. The molecule has 0 atom stereocenters. The van der Waals surface area contributed by atoms with Gasteiger partial charge in [0.25, 0.3) is 5.91 Å². The molecule has 3 N–H and O–H groups in total. The number of nitrogens with two attached hydrogens (primary N) is 1. The fourth-order valence-corrected chi connectivity index (χ4v) is 3.96. The molecule has 0 unspecified atom stereocenters. The Morgan fingerprint density at radius 3 is 2.72 bits per heavy atom. The standard InChI is InChI=1S/C19H23N3O2S/c1-25-17-6-2-5-16(18(17)13-7-9-15(20)10-8-13)24-22-19(23)14-4-3-11-21-12-14/h2-6,11-13,15H,7-10,20H2,1H3,(H,22,23). The molecule has 6 heteroatoms. The highest BCUT2D eigenvalue weighted by Crippen LogP contribution is 2.41. The molecule has 1 amide bonds. The van der Waals surface area contributed by atoms with Crippen LogP contribution in [0.2, 0.25) is 0 Å². The van der Waals surface area contributed by atoms with E-state index >= 15 is 0 Å². The predicted octanol–water partition coefficient (Wildman–Crippen LogP) is 3.51. The first-order valence-electron chi connectivity index (χ1n) is 8.48. The monoisotopic (exact) mass is 357 g/mol. The van der Waals surface area contributed by atoms with Gasteiger partial charge in [-0.15, -0.1) is 11.8 Å². The molecule has 0 saturated heterocycles. The summed E-state index contributed by atoms with van der Waals surface area (Å²) >= 11 is 1.70. The van der Waals surface area contributed by atoms with Crippen LogP contribution in [0.4, 0.5) is 0 Å². The highest BCUT2D eigenvalue weighted by atomic mass is 32.2. The van der Waals surface area contributed by atoms with Gasteiger partial charge in [-0.1, -0.05) is 6.07 Å². The summed E-state index contributed by atoms with van der Waals surface area (Å²) in [7, 11) is 0. The molecule has 0 radical (unpaired) electrons. The Hall–Kier alpha value is -2.05. The highest BCUT2D eigenvalue weighted by molar-refractivity contribution is 7.98. The van der Waals surface area contributed by atoms with Gasteiger partial charge in [0, 0.05) is 28.9 Å². The van der Waals surface area contributed by atoms with Crippen LogP contribution in [0, 0.1) is 0 Å². The molecule has 1 aliphatic carbocycles. The van der Waals surface area contributed by atoms with E-state index in [1.807, 2.05) is 12.1 Å². The molecule has 1 fully saturated rings. The Labute approximate surface area is 152 Å². The molecule has 5 nitrogen and oxygen atoms in total. The van der Waals surface area contributed by atoms with Crippen molar-refractivity contribution in [2.75, 3.05) is 6.26 Å². The second-order valence-corrected chi connectivity index (χ2v) is 7.11. The van der Waals surface area contributed by atoms with Crippen molar-refractivity contribution >= 4 is 17.7 Å². The minimum atomic E-state index is -0.306. The average Bonchev–Trinajstić information content (AvgIpc) is 2.67. The summed E-state index contributed by atoms with van der Waals surface area (Å²) in [6.45, 7) is 0. The lowest BCUT2D eigenvalue weighted by Gasteiger charge is -2.28. The van der Waals surface area contributed by atoms with E-state index in [0.29, 0.717) is 23.3 Å². The molecule has 132 valence electrons. The third kappa shape index (κ3) is 4.32. The highest BCUT2D eigenvalue weighted by Gasteiger charge is 2.25. The van der Waals surface area contributed by atoms with E-state index in [1.54, 1.807) is 30.1 Å². The number of hydrogen-bond acceptors (Lipinski definition) is 5. The quantitative estimate of drug-likeness (QED) is 0.632. The smallest absolute Gasteiger partial charge is 0.285 e. The van der Waals surface area contributed by atoms with Crippen LogP contribution in [0.5, 0.6) is 5.75 Å². The van der Waals surface area contributed by atoms with Crippen molar-refractivity contribution in [3.05, 3.63) is 53.9 Å². The van der Waals surface area contributed by atoms with Gasteiger partial charge in [-0.25, -0.2) is 0 Å². The number of carbonyl (C=O) groups excluding carboxylic acids is 1. The van der Waals surface area contributed by atoms with E-state index in [-0.39, 0.29) is 5.91 Å². The second-order valence-electron chi connectivity index (χ2n) is 6.26. The van der Waals surface area contributed by atoms with Gasteiger partial charge in [-0.3, -0.25) is 9.78 Å². The summed E-state index contributed by atoms with van der Waals surface area (Å²) in [4.78, 5) is 23.1. The summed E-state index contributed by atoms with van der Waals surface area (Å²) in [5.74, 6) is 0.817. The maximum absolute atomic E-state index is 12.2. The van der Waals surface area contributed by atoms with Gasteiger partial charge in [0.1, 0.15) is 0 Å². The number of hydrogen-bond donors (Lipinski definition) is 2. The molecule has 0 aliphatic heterocycles. The Morgan fingerprint density at radius 2 is 2.04 bits per heavy atom.